The largest absolute Gasteiger partial charge is 0.484 e. The zero-order valence-corrected chi connectivity index (χ0v) is 16.8. The molecule has 0 aliphatic carbocycles. The Morgan fingerprint density at radius 3 is 2.89 bits per heavy atom. The molecule has 1 aromatic carbocycles. The number of halogens is 1. The van der Waals surface area contributed by atoms with Gasteiger partial charge in [-0.1, -0.05) is 12.1 Å². The molecule has 8 heteroatoms. The number of benzene rings is 1. The van der Waals surface area contributed by atoms with Gasteiger partial charge in [0.1, 0.15) is 18.1 Å². The minimum Gasteiger partial charge on any atom is -0.484 e. The van der Waals surface area contributed by atoms with Crippen molar-refractivity contribution in [3.8, 4) is 5.75 Å². The van der Waals surface area contributed by atoms with Crippen molar-refractivity contribution in [1.29, 1.82) is 0 Å². The summed E-state index contributed by atoms with van der Waals surface area (Å²) in [5.74, 6) is 1.18. The molecule has 0 fully saturated rings. The quantitative estimate of drug-likeness (QED) is 0.588. The molecule has 0 bridgehead atoms. The van der Waals surface area contributed by atoms with Crippen LogP contribution < -0.4 is 10.1 Å². The maximum Gasteiger partial charge on any atom is 0.291 e. The molecule has 1 N–H and O–H groups in total. The number of rotatable bonds is 8. The van der Waals surface area contributed by atoms with Crippen LogP contribution in [-0.2, 0) is 13.2 Å². The molecule has 0 spiro atoms. The summed E-state index contributed by atoms with van der Waals surface area (Å²) in [7, 11) is 4.00. The average molecular weight is 433 g/mol. The minimum atomic E-state index is -0.325. The van der Waals surface area contributed by atoms with E-state index in [1.165, 1.54) is 0 Å². The van der Waals surface area contributed by atoms with Crippen molar-refractivity contribution in [3.63, 3.8) is 0 Å². The molecule has 142 valence electrons. The summed E-state index contributed by atoms with van der Waals surface area (Å²) in [4.78, 5) is 14.4. The van der Waals surface area contributed by atoms with Gasteiger partial charge < -0.3 is 19.4 Å². The van der Waals surface area contributed by atoms with Crippen molar-refractivity contribution in [2.24, 2.45) is 0 Å². The van der Waals surface area contributed by atoms with E-state index >= 15 is 0 Å². The van der Waals surface area contributed by atoms with Crippen molar-refractivity contribution in [2.45, 2.75) is 13.2 Å². The number of anilines is 1. The Hall–Kier alpha value is -2.58. The van der Waals surface area contributed by atoms with Crippen molar-refractivity contribution >= 4 is 27.5 Å². The van der Waals surface area contributed by atoms with Crippen molar-refractivity contribution < 1.29 is 13.9 Å². The monoisotopic (exact) mass is 432 g/mol. The number of hydrogen-bond donors (Lipinski definition) is 1. The van der Waals surface area contributed by atoms with Gasteiger partial charge >= 0.3 is 0 Å². The maximum atomic E-state index is 12.3. The van der Waals surface area contributed by atoms with Gasteiger partial charge in [-0.3, -0.25) is 9.48 Å². The fraction of sp³-hybridized carbons (Fsp3) is 0.263. The Morgan fingerprint density at radius 2 is 2.11 bits per heavy atom. The molecular formula is C19H21BrN4O3. The van der Waals surface area contributed by atoms with Crippen LogP contribution in [0.25, 0.3) is 0 Å². The number of furan rings is 1. The van der Waals surface area contributed by atoms with E-state index in [1.54, 1.807) is 29.2 Å². The van der Waals surface area contributed by atoms with Gasteiger partial charge in [0.05, 0.1) is 22.9 Å². The number of likely N-dealkylation sites (N-methyl/N-ethyl adjacent to an activating group) is 1. The Morgan fingerprint density at radius 1 is 1.30 bits per heavy atom. The fourth-order valence-electron chi connectivity index (χ4n) is 2.33. The van der Waals surface area contributed by atoms with Gasteiger partial charge in [-0.05, 0) is 54.3 Å². The van der Waals surface area contributed by atoms with E-state index < -0.39 is 0 Å². The lowest BCUT2D eigenvalue weighted by Crippen LogP contribution is -2.18. The predicted molar refractivity (Wildman–Crippen MR) is 106 cm³/mol. The van der Waals surface area contributed by atoms with Gasteiger partial charge in [-0.2, -0.15) is 5.10 Å². The van der Waals surface area contributed by atoms with Crippen LogP contribution in [-0.4, -0.2) is 41.2 Å². The molecule has 2 heterocycles. The standard InChI is InChI=1S/C19H21BrN4O3/c1-23(2)9-10-24-12-14(11-21-24)22-19(25)18-8-7-15(27-18)13-26-17-6-4-3-5-16(17)20/h3-8,11-12H,9-10,13H2,1-2H3,(H,22,25). The molecule has 3 aromatic rings. The molecule has 1 amide bonds. The van der Waals surface area contributed by atoms with Crippen molar-refractivity contribution in [3.05, 3.63) is 64.8 Å². The van der Waals surface area contributed by atoms with Crippen LogP contribution >= 0.6 is 15.9 Å². The number of nitrogens with one attached hydrogen (secondary N) is 1. The summed E-state index contributed by atoms with van der Waals surface area (Å²) in [6, 6.07) is 10.9. The number of ether oxygens (including phenoxy) is 1. The topological polar surface area (TPSA) is 72.5 Å². The third-order valence-corrected chi connectivity index (χ3v) is 4.41. The molecule has 2 aromatic heterocycles. The smallest absolute Gasteiger partial charge is 0.291 e. The van der Waals surface area contributed by atoms with Crippen LogP contribution in [0.5, 0.6) is 5.75 Å². The van der Waals surface area contributed by atoms with Crippen molar-refractivity contribution in [1.82, 2.24) is 14.7 Å². The molecule has 3 rings (SSSR count). The predicted octanol–water partition coefficient (Wildman–Crippen LogP) is 3.63. The van der Waals surface area contributed by atoms with E-state index in [2.05, 4.69) is 31.2 Å². The number of para-hydroxylation sites is 1. The van der Waals surface area contributed by atoms with Crippen molar-refractivity contribution in [2.75, 3.05) is 26.0 Å². The highest BCUT2D eigenvalue weighted by molar-refractivity contribution is 9.10. The second kappa shape index (κ2) is 8.88. The van der Waals surface area contributed by atoms with Crippen LogP contribution in [0.3, 0.4) is 0 Å². The first kappa shape index (κ1) is 19.2. The van der Waals surface area contributed by atoms with Gasteiger partial charge in [-0.15, -0.1) is 0 Å². The molecule has 0 aliphatic heterocycles. The molecule has 0 unspecified atom stereocenters. The van der Waals surface area contributed by atoms with E-state index in [1.807, 2.05) is 38.4 Å². The second-order valence-electron chi connectivity index (χ2n) is 6.23. The van der Waals surface area contributed by atoms with Gasteiger partial charge in [0.15, 0.2) is 5.76 Å². The molecule has 27 heavy (non-hydrogen) atoms. The minimum absolute atomic E-state index is 0.224. The second-order valence-corrected chi connectivity index (χ2v) is 7.09. The Labute approximate surface area is 166 Å². The van der Waals surface area contributed by atoms with Gasteiger partial charge in [0.25, 0.3) is 5.91 Å². The SMILES string of the molecule is CN(C)CCn1cc(NC(=O)c2ccc(COc3ccccc3Br)o2)cn1. The summed E-state index contributed by atoms with van der Waals surface area (Å²) >= 11 is 3.43. The van der Waals surface area contributed by atoms with Gasteiger partial charge in [0.2, 0.25) is 0 Å². The zero-order valence-electron chi connectivity index (χ0n) is 15.2. The molecule has 0 saturated carbocycles. The van der Waals surface area contributed by atoms with E-state index in [0.717, 1.165) is 17.6 Å². The molecule has 0 atom stereocenters. The lowest BCUT2D eigenvalue weighted by atomic mass is 10.3. The van der Waals surface area contributed by atoms with Crippen LogP contribution in [0.4, 0.5) is 5.69 Å². The van der Waals surface area contributed by atoms with E-state index in [-0.39, 0.29) is 18.3 Å². The first-order valence-corrected chi connectivity index (χ1v) is 9.25. The molecule has 7 nitrogen and oxygen atoms in total. The fourth-order valence-corrected chi connectivity index (χ4v) is 2.73. The highest BCUT2D eigenvalue weighted by atomic mass is 79.9. The van der Waals surface area contributed by atoms with Crippen LogP contribution in [0.2, 0.25) is 0 Å². The van der Waals surface area contributed by atoms with E-state index in [9.17, 15) is 4.79 Å². The number of aromatic nitrogens is 2. The Kier molecular flexibility index (Phi) is 6.31. The summed E-state index contributed by atoms with van der Waals surface area (Å²) < 4.78 is 13.9. The maximum absolute atomic E-state index is 12.3. The summed E-state index contributed by atoms with van der Waals surface area (Å²) in [6.45, 7) is 1.85. The van der Waals surface area contributed by atoms with Crippen LogP contribution in [0.1, 0.15) is 16.3 Å². The normalized spacial score (nSPS) is 11.0. The molecule has 0 aliphatic rings. The highest BCUT2D eigenvalue weighted by Crippen LogP contribution is 2.25. The first-order valence-electron chi connectivity index (χ1n) is 8.46. The molecule has 0 radical (unpaired) electrons. The van der Waals surface area contributed by atoms with Crippen LogP contribution in [0.15, 0.2) is 57.7 Å². The summed E-state index contributed by atoms with van der Waals surface area (Å²) in [6.07, 6.45) is 3.41. The third kappa shape index (κ3) is 5.45. The Bertz CT molecular complexity index is 904. The number of carbonyl (C=O) groups excluding carboxylic acids is 1. The molecule has 0 saturated heterocycles. The number of hydrogen-bond acceptors (Lipinski definition) is 5. The van der Waals surface area contributed by atoms with Crippen LogP contribution in [0, 0.1) is 0 Å². The number of carbonyl (C=O) groups is 1. The lowest BCUT2D eigenvalue weighted by molar-refractivity contribution is 0.0992. The summed E-state index contributed by atoms with van der Waals surface area (Å²) in [5.41, 5.74) is 0.626. The average Bonchev–Trinajstić information content (AvgIpc) is 3.29. The summed E-state index contributed by atoms with van der Waals surface area (Å²) in [5, 5.41) is 7.02. The number of nitrogens with zero attached hydrogens (tertiary/aromatic N) is 3. The van der Waals surface area contributed by atoms with E-state index in [4.69, 9.17) is 9.15 Å². The first-order chi connectivity index (χ1) is 13.0. The third-order valence-electron chi connectivity index (χ3n) is 3.76. The van der Waals surface area contributed by atoms with Gasteiger partial charge in [-0.25, -0.2) is 0 Å². The van der Waals surface area contributed by atoms with Gasteiger partial charge in [0, 0.05) is 12.7 Å². The highest BCUT2D eigenvalue weighted by Gasteiger charge is 2.13. The molecular weight excluding hydrogens is 412 g/mol. The Balaban J connectivity index is 1.54. The zero-order chi connectivity index (χ0) is 19.2. The lowest BCUT2D eigenvalue weighted by Gasteiger charge is -2.08. The van der Waals surface area contributed by atoms with E-state index in [0.29, 0.717) is 17.2 Å². The number of amides is 1.